The van der Waals surface area contributed by atoms with Gasteiger partial charge in [0.2, 0.25) is 0 Å². The number of anilines is 3. The minimum Gasteiger partial charge on any atom is -0.309 e. The molecule has 0 N–H and O–H groups in total. The molecule has 1 aliphatic carbocycles. The van der Waals surface area contributed by atoms with Gasteiger partial charge in [-0.1, -0.05) is 249 Å². The summed E-state index contributed by atoms with van der Waals surface area (Å²) in [6.45, 7) is 0. The van der Waals surface area contributed by atoms with E-state index in [-0.39, 0.29) is 0 Å². The van der Waals surface area contributed by atoms with E-state index in [1.807, 2.05) is 0 Å². The Hall–Kier alpha value is -8.52. The molecule has 66 heavy (non-hydrogen) atoms. The molecule has 0 radical (unpaired) electrons. The maximum Gasteiger partial charge on any atom is 0.0714 e. The van der Waals surface area contributed by atoms with Crippen molar-refractivity contribution in [1.29, 1.82) is 0 Å². The Kier molecular flexibility index (Phi) is 9.81. The molecule has 1 heteroatoms. The predicted octanol–water partition coefficient (Wildman–Crippen LogP) is 17.3. The van der Waals surface area contributed by atoms with E-state index in [0.717, 1.165) is 28.2 Å². The van der Waals surface area contributed by atoms with Crippen LogP contribution in [0.1, 0.15) is 22.3 Å². The van der Waals surface area contributed by atoms with Gasteiger partial charge in [0.05, 0.1) is 16.8 Å². The van der Waals surface area contributed by atoms with Crippen molar-refractivity contribution in [3.63, 3.8) is 0 Å². The zero-order chi connectivity index (χ0) is 43.9. The van der Waals surface area contributed by atoms with Gasteiger partial charge in [-0.3, -0.25) is 0 Å². The second-order valence-corrected chi connectivity index (χ2v) is 17.2. The summed E-state index contributed by atoms with van der Waals surface area (Å²) in [7, 11) is 0. The van der Waals surface area contributed by atoms with Crippen molar-refractivity contribution in [2.45, 2.75) is 5.41 Å². The molecule has 0 unspecified atom stereocenters. The Labute approximate surface area is 387 Å². The molecule has 0 heterocycles. The lowest BCUT2D eigenvalue weighted by Gasteiger charge is -2.34. The quantitative estimate of drug-likeness (QED) is 0.140. The lowest BCUT2D eigenvalue weighted by molar-refractivity contribution is 0.768. The zero-order valence-electron chi connectivity index (χ0n) is 36.4. The van der Waals surface area contributed by atoms with Gasteiger partial charge in [-0.15, -0.1) is 0 Å². The van der Waals surface area contributed by atoms with Crippen LogP contribution in [0.15, 0.2) is 273 Å². The topological polar surface area (TPSA) is 3.24 Å². The molecule has 0 aromatic heterocycles. The maximum absolute atomic E-state index is 2.50. The van der Waals surface area contributed by atoms with Gasteiger partial charge in [0, 0.05) is 16.8 Å². The summed E-state index contributed by atoms with van der Waals surface area (Å²) >= 11 is 0. The number of nitrogens with zero attached hydrogens (tertiary/aromatic N) is 1. The first kappa shape index (κ1) is 39.1. The molecule has 0 atom stereocenters. The molecule has 0 fully saturated rings. The average molecular weight is 840 g/mol. The molecule has 0 spiro atoms. The number of benzene rings is 11. The van der Waals surface area contributed by atoms with Gasteiger partial charge >= 0.3 is 0 Å². The van der Waals surface area contributed by atoms with Gasteiger partial charge in [0.1, 0.15) is 0 Å². The van der Waals surface area contributed by atoms with Gasteiger partial charge in [-0.25, -0.2) is 0 Å². The highest BCUT2D eigenvalue weighted by molar-refractivity contribution is 6.00. The Morgan fingerprint density at radius 1 is 0.258 bits per heavy atom. The van der Waals surface area contributed by atoms with Crippen molar-refractivity contribution < 1.29 is 0 Å². The molecule has 0 saturated heterocycles. The van der Waals surface area contributed by atoms with Crippen LogP contribution in [0.5, 0.6) is 0 Å². The number of fused-ring (bicyclic) bond motifs is 4. The van der Waals surface area contributed by atoms with E-state index >= 15 is 0 Å². The summed E-state index contributed by atoms with van der Waals surface area (Å²) in [6.07, 6.45) is 0. The van der Waals surface area contributed by atoms with Gasteiger partial charge in [0.25, 0.3) is 0 Å². The first-order valence-electron chi connectivity index (χ1n) is 22.8. The SMILES string of the molecule is c1ccc(-c2ccc(-c3ccc(N(c4ccccc4-c4ccc(-c5cccc6ccccc56)cc4)c4cccc5c4-c4ccccc4C5(c4ccccc4)c4ccccc4)cc3)cc2)cc1. The smallest absolute Gasteiger partial charge is 0.0714 e. The van der Waals surface area contributed by atoms with Crippen molar-refractivity contribution in [1.82, 2.24) is 0 Å². The van der Waals surface area contributed by atoms with E-state index in [1.165, 1.54) is 77.5 Å². The largest absolute Gasteiger partial charge is 0.309 e. The van der Waals surface area contributed by atoms with E-state index in [0.29, 0.717) is 0 Å². The highest BCUT2D eigenvalue weighted by Crippen LogP contribution is 2.60. The van der Waals surface area contributed by atoms with Crippen LogP contribution in [0, 0.1) is 0 Å². The second-order valence-electron chi connectivity index (χ2n) is 17.2. The highest BCUT2D eigenvalue weighted by Gasteiger charge is 2.47. The maximum atomic E-state index is 2.50. The summed E-state index contributed by atoms with van der Waals surface area (Å²) < 4.78 is 0. The molecule has 0 saturated carbocycles. The molecule has 0 bridgehead atoms. The molecular weight excluding hydrogens is 795 g/mol. The third-order valence-electron chi connectivity index (χ3n) is 13.6. The van der Waals surface area contributed by atoms with E-state index in [1.54, 1.807) is 0 Å². The third-order valence-corrected chi connectivity index (χ3v) is 13.6. The molecular formula is C65H45N. The fraction of sp³-hybridized carbons (Fsp3) is 0.0154. The van der Waals surface area contributed by atoms with E-state index in [4.69, 9.17) is 0 Å². The summed E-state index contributed by atoms with van der Waals surface area (Å²) in [5, 5.41) is 2.51. The van der Waals surface area contributed by atoms with Crippen LogP contribution in [0.4, 0.5) is 17.1 Å². The monoisotopic (exact) mass is 839 g/mol. The molecule has 11 aromatic rings. The van der Waals surface area contributed by atoms with Crippen molar-refractivity contribution in [3.8, 4) is 55.6 Å². The average Bonchev–Trinajstić information content (AvgIpc) is 3.71. The fourth-order valence-electron chi connectivity index (χ4n) is 10.6. The Bertz CT molecular complexity index is 3440. The molecule has 12 rings (SSSR count). The van der Waals surface area contributed by atoms with Crippen LogP contribution in [0.2, 0.25) is 0 Å². The van der Waals surface area contributed by atoms with Crippen LogP contribution in [-0.4, -0.2) is 0 Å². The second kappa shape index (κ2) is 16.6. The fourth-order valence-corrected chi connectivity index (χ4v) is 10.6. The van der Waals surface area contributed by atoms with Crippen LogP contribution >= 0.6 is 0 Å². The van der Waals surface area contributed by atoms with E-state index in [9.17, 15) is 0 Å². The molecule has 0 aliphatic heterocycles. The first-order valence-corrected chi connectivity index (χ1v) is 22.8. The lowest BCUT2D eigenvalue weighted by Crippen LogP contribution is -2.28. The van der Waals surface area contributed by atoms with Crippen LogP contribution < -0.4 is 4.90 Å². The molecule has 11 aromatic carbocycles. The molecule has 310 valence electrons. The van der Waals surface area contributed by atoms with Crippen molar-refractivity contribution in [2.75, 3.05) is 4.90 Å². The zero-order valence-corrected chi connectivity index (χ0v) is 36.4. The number of hydrogen-bond donors (Lipinski definition) is 0. The standard InChI is InChI=1S/C65H45N/c1-4-18-46(19-5-1)47-34-36-48(37-35-47)49-42-44-55(45-43-49)66(62-32-15-13-27-58(62)52-40-38-51(39-41-52)57-29-16-21-50-20-10-11-26-56(50)57)63-33-17-31-61-64(63)59-28-12-14-30-60(59)65(61,53-22-6-2-7-23-53)54-24-8-3-9-25-54/h1-45H. The summed E-state index contributed by atoms with van der Waals surface area (Å²) in [5.74, 6) is 0. The van der Waals surface area contributed by atoms with Crippen molar-refractivity contribution in [2.24, 2.45) is 0 Å². The first-order chi connectivity index (χ1) is 32.8. The number of rotatable bonds is 9. The Morgan fingerprint density at radius 3 is 1.35 bits per heavy atom. The molecule has 1 aliphatic rings. The molecule has 0 amide bonds. The third kappa shape index (κ3) is 6.56. The summed E-state index contributed by atoms with van der Waals surface area (Å²) in [6, 6.07) is 100. The summed E-state index contributed by atoms with van der Waals surface area (Å²) in [4.78, 5) is 2.50. The van der Waals surface area contributed by atoms with Crippen molar-refractivity contribution in [3.05, 3.63) is 295 Å². The minimum atomic E-state index is -0.525. The van der Waals surface area contributed by atoms with E-state index < -0.39 is 5.41 Å². The Morgan fingerprint density at radius 2 is 0.682 bits per heavy atom. The minimum absolute atomic E-state index is 0.525. The summed E-state index contributed by atoms with van der Waals surface area (Å²) in [5.41, 5.74) is 19.9. The van der Waals surface area contributed by atoms with Gasteiger partial charge in [0.15, 0.2) is 0 Å². The van der Waals surface area contributed by atoms with E-state index in [2.05, 4.69) is 278 Å². The van der Waals surface area contributed by atoms with Gasteiger partial charge in [-0.05, 0) is 102 Å². The van der Waals surface area contributed by atoms with Gasteiger partial charge in [-0.2, -0.15) is 0 Å². The Balaban J connectivity index is 1.05. The normalized spacial score (nSPS) is 12.4. The highest BCUT2D eigenvalue weighted by atomic mass is 15.1. The number of hydrogen-bond acceptors (Lipinski definition) is 1. The number of para-hydroxylation sites is 1. The van der Waals surface area contributed by atoms with Crippen LogP contribution in [0.25, 0.3) is 66.4 Å². The van der Waals surface area contributed by atoms with Crippen LogP contribution in [-0.2, 0) is 5.41 Å². The molecule has 1 nitrogen and oxygen atoms in total. The van der Waals surface area contributed by atoms with Crippen molar-refractivity contribution >= 4 is 27.8 Å². The lowest BCUT2D eigenvalue weighted by atomic mass is 9.68. The van der Waals surface area contributed by atoms with Gasteiger partial charge < -0.3 is 4.90 Å². The van der Waals surface area contributed by atoms with Crippen LogP contribution in [0.3, 0.4) is 0 Å². The predicted molar refractivity (Wildman–Crippen MR) is 278 cm³/mol.